The second kappa shape index (κ2) is 7.89. The molecule has 0 aliphatic carbocycles. The molecule has 1 aromatic carbocycles. The van der Waals surface area contributed by atoms with Crippen molar-refractivity contribution in [3.63, 3.8) is 0 Å². The van der Waals surface area contributed by atoms with Gasteiger partial charge in [0.2, 0.25) is 0 Å². The Morgan fingerprint density at radius 3 is 2.37 bits per heavy atom. The van der Waals surface area contributed by atoms with Crippen LogP contribution in [0.15, 0.2) is 29.2 Å². The molecule has 0 aliphatic rings. The Morgan fingerprint density at radius 2 is 1.89 bits per heavy atom. The van der Waals surface area contributed by atoms with E-state index in [0.717, 1.165) is 12.1 Å². The van der Waals surface area contributed by atoms with Crippen molar-refractivity contribution in [2.75, 3.05) is 6.54 Å². The number of carbonyl (C=O) groups is 1. The van der Waals surface area contributed by atoms with Gasteiger partial charge in [-0.1, -0.05) is 33.8 Å². The van der Waals surface area contributed by atoms with Gasteiger partial charge in [-0.2, -0.15) is 8.42 Å². The third-order valence-corrected chi connectivity index (χ3v) is 2.87. The Morgan fingerprint density at radius 1 is 1.32 bits per heavy atom. The first-order valence-electron chi connectivity index (χ1n) is 6.13. The maximum absolute atomic E-state index is 12.7. The van der Waals surface area contributed by atoms with Gasteiger partial charge in [-0.05, 0) is 24.1 Å². The topological polar surface area (TPSA) is 63.2 Å². The molecule has 0 aliphatic heterocycles. The van der Waals surface area contributed by atoms with E-state index in [4.69, 9.17) is 0 Å². The number of hydrogen-bond acceptors (Lipinski definition) is 3. The molecule has 4 nitrogen and oxygen atoms in total. The van der Waals surface area contributed by atoms with Gasteiger partial charge in [-0.15, -0.1) is 3.89 Å². The summed E-state index contributed by atoms with van der Waals surface area (Å²) in [7, 11) is -4.77. The van der Waals surface area contributed by atoms with Crippen molar-refractivity contribution in [3.05, 3.63) is 29.8 Å². The van der Waals surface area contributed by atoms with Crippen LogP contribution in [0.25, 0.3) is 0 Å². The van der Waals surface area contributed by atoms with Crippen molar-refractivity contribution in [2.24, 2.45) is 5.92 Å². The zero-order chi connectivity index (χ0) is 15.1. The van der Waals surface area contributed by atoms with E-state index in [-0.39, 0.29) is 11.5 Å². The summed E-state index contributed by atoms with van der Waals surface area (Å²) in [5.74, 6) is -0.128. The third-order valence-electron chi connectivity index (χ3n) is 2.05. The minimum absolute atomic E-state index is 0.129. The Kier molecular flexibility index (Phi) is 7.29. The molecule has 0 unspecified atom stereocenters. The predicted molar refractivity (Wildman–Crippen MR) is 73.3 cm³/mol. The number of rotatable bonds is 4. The van der Waals surface area contributed by atoms with Crippen LogP contribution in [0.3, 0.4) is 0 Å². The zero-order valence-corrected chi connectivity index (χ0v) is 12.4. The average molecular weight is 289 g/mol. The van der Waals surface area contributed by atoms with Crippen LogP contribution in [-0.2, 0) is 10.2 Å². The number of hydrogen-bond donors (Lipinski definition) is 1. The van der Waals surface area contributed by atoms with E-state index in [1.807, 2.05) is 27.7 Å². The maximum Gasteiger partial charge on any atom is 0.332 e. The highest BCUT2D eigenvalue weighted by atomic mass is 32.3. The van der Waals surface area contributed by atoms with Crippen LogP contribution in [0.1, 0.15) is 38.1 Å². The summed E-state index contributed by atoms with van der Waals surface area (Å²) in [5, 5.41) is 2.62. The van der Waals surface area contributed by atoms with Gasteiger partial charge in [-0.25, -0.2) is 0 Å². The lowest BCUT2D eigenvalue weighted by Gasteiger charge is -2.07. The lowest BCUT2D eigenvalue weighted by Crippen LogP contribution is -2.27. The maximum atomic E-state index is 12.7. The van der Waals surface area contributed by atoms with E-state index in [2.05, 4.69) is 5.32 Å². The van der Waals surface area contributed by atoms with Gasteiger partial charge in [0.1, 0.15) is 0 Å². The van der Waals surface area contributed by atoms with E-state index in [1.165, 1.54) is 12.1 Å². The minimum Gasteiger partial charge on any atom is -0.352 e. The highest BCUT2D eigenvalue weighted by Crippen LogP contribution is 2.13. The highest BCUT2D eigenvalue weighted by Gasteiger charge is 2.14. The highest BCUT2D eigenvalue weighted by molar-refractivity contribution is 7.86. The molecule has 0 saturated carbocycles. The van der Waals surface area contributed by atoms with Crippen LogP contribution in [-0.4, -0.2) is 20.9 Å². The van der Waals surface area contributed by atoms with E-state index in [0.29, 0.717) is 6.54 Å². The molecule has 0 aromatic heterocycles. The first-order valence-corrected chi connectivity index (χ1v) is 7.52. The molecule has 0 atom stereocenters. The third kappa shape index (κ3) is 6.33. The van der Waals surface area contributed by atoms with Gasteiger partial charge in [0, 0.05) is 12.1 Å². The number of carbonyl (C=O) groups excluding carboxylic acids is 1. The quantitative estimate of drug-likeness (QED) is 0.867. The van der Waals surface area contributed by atoms with E-state index in [1.54, 1.807) is 0 Å². The fraction of sp³-hybridized carbons (Fsp3) is 0.462. The Labute approximate surface area is 114 Å². The van der Waals surface area contributed by atoms with Crippen LogP contribution >= 0.6 is 0 Å². The molecule has 0 heterocycles. The van der Waals surface area contributed by atoms with Crippen molar-refractivity contribution >= 4 is 16.1 Å². The fourth-order valence-corrected chi connectivity index (χ4v) is 1.70. The minimum atomic E-state index is -4.77. The number of amides is 1. The van der Waals surface area contributed by atoms with Crippen molar-refractivity contribution in [1.29, 1.82) is 0 Å². The van der Waals surface area contributed by atoms with E-state index < -0.39 is 21.0 Å². The van der Waals surface area contributed by atoms with Crippen molar-refractivity contribution in [3.8, 4) is 0 Å². The van der Waals surface area contributed by atoms with Crippen molar-refractivity contribution < 1.29 is 17.1 Å². The molecule has 0 saturated heterocycles. The molecule has 1 rings (SSSR count). The number of benzene rings is 1. The summed E-state index contributed by atoms with van der Waals surface area (Å²) in [6.45, 7) is 8.34. The van der Waals surface area contributed by atoms with Crippen molar-refractivity contribution in [2.45, 2.75) is 32.6 Å². The van der Waals surface area contributed by atoms with Crippen LogP contribution in [0.5, 0.6) is 0 Å². The van der Waals surface area contributed by atoms with Gasteiger partial charge >= 0.3 is 10.2 Å². The van der Waals surface area contributed by atoms with E-state index >= 15 is 0 Å². The summed E-state index contributed by atoms with van der Waals surface area (Å²) < 4.78 is 34.1. The number of halogens is 1. The Hall–Kier alpha value is -1.43. The Balaban J connectivity index is 0.00000154. The van der Waals surface area contributed by atoms with Crippen LogP contribution < -0.4 is 5.32 Å². The van der Waals surface area contributed by atoms with Gasteiger partial charge in [0.15, 0.2) is 0 Å². The monoisotopic (exact) mass is 289 g/mol. The molecule has 1 N–H and O–H groups in total. The van der Waals surface area contributed by atoms with Crippen LogP contribution in [0.4, 0.5) is 3.89 Å². The lowest BCUT2D eigenvalue weighted by atomic mass is 10.2. The summed E-state index contributed by atoms with van der Waals surface area (Å²) in [5.41, 5.74) is 0.129. The van der Waals surface area contributed by atoms with Gasteiger partial charge < -0.3 is 5.32 Å². The first-order chi connectivity index (χ1) is 8.80. The largest absolute Gasteiger partial charge is 0.352 e. The summed E-state index contributed by atoms with van der Waals surface area (Å²) in [4.78, 5) is 11.1. The van der Waals surface area contributed by atoms with Crippen molar-refractivity contribution in [1.82, 2.24) is 5.32 Å². The van der Waals surface area contributed by atoms with Gasteiger partial charge in [0.05, 0.1) is 4.90 Å². The first kappa shape index (κ1) is 17.6. The summed E-state index contributed by atoms with van der Waals surface area (Å²) in [6, 6.07) is 4.89. The van der Waals surface area contributed by atoms with Gasteiger partial charge in [0.25, 0.3) is 5.91 Å². The molecule has 1 aromatic rings. The molecule has 0 spiro atoms. The molecule has 0 radical (unpaired) electrons. The van der Waals surface area contributed by atoms with Gasteiger partial charge in [-0.3, -0.25) is 4.79 Å². The zero-order valence-electron chi connectivity index (χ0n) is 11.6. The predicted octanol–water partition coefficient (Wildman–Crippen LogP) is 2.76. The second-order valence-electron chi connectivity index (χ2n) is 4.07. The van der Waals surface area contributed by atoms with Crippen LogP contribution in [0, 0.1) is 5.92 Å². The SMILES string of the molecule is CC.CC(C)CNC(=O)c1cccc(S(=O)(=O)F)c1. The average Bonchev–Trinajstić information content (AvgIpc) is 2.37. The molecule has 0 bridgehead atoms. The molecule has 6 heteroatoms. The smallest absolute Gasteiger partial charge is 0.332 e. The molecular formula is C13H20FNO3S. The molecule has 0 fully saturated rings. The normalized spacial score (nSPS) is 10.6. The molecular weight excluding hydrogens is 269 g/mol. The number of nitrogens with one attached hydrogen (secondary N) is 1. The second-order valence-corrected chi connectivity index (χ2v) is 5.42. The fourth-order valence-electron chi connectivity index (χ4n) is 1.19. The lowest BCUT2D eigenvalue weighted by molar-refractivity contribution is 0.0949. The van der Waals surface area contributed by atoms with Crippen LogP contribution in [0.2, 0.25) is 0 Å². The molecule has 108 valence electrons. The standard InChI is InChI=1S/C11H14FNO3S.C2H6/c1-8(2)7-13-11(14)9-4-3-5-10(6-9)17(12,15)16;1-2/h3-6,8H,7H2,1-2H3,(H,13,14);1-2H3. The van der Waals surface area contributed by atoms with E-state index in [9.17, 15) is 17.1 Å². The summed E-state index contributed by atoms with van der Waals surface area (Å²) >= 11 is 0. The summed E-state index contributed by atoms with van der Waals surface area (Å²) in [6.07, 6.45) is 0. The molecule has 19 heavy (non-hydrogen) atoms. The molecule has 1 amide bonds. The Bertz CT molecular complexity index is 512.